The Morgan fingerprint density at radius 1 is 1.14 bits per heavy atom. The molecule has 4 nitrogen and oxygen atoms in total. The highest BCUT2D eigenvalue weighted by Gasteiger charge is 2.40. The lowest BCUT2D eigenvalue weighted by atomic mass is 9.96. The number of hydrogen-bond donors (Lipinski definition) is 1. The van der Waals surface area contributed by atoms with Crippen molar-refractivity contribution in [3.63, 3.8) is 0 Å². The van der Waals surface area contributed by atoms with Crippen LogP contribution in [0.15, 0.2) is 24.3 Å². The summed E-state index contributed by atoms with van der Waals surface area (Å²) in [6, 6.07) is 9.34. The minimum atomic E-state index is -0.433. The second-order valence-corrected chi connectivity index (χ2v) is 6.70. The van der Waals surface area contributed by atoms with E-state index in [4.69, 9.17) is 4.74 Å². The monoisotopic (exact) mass is 288 g/mol. The molecule has 4 atom stereocenters. The molecule has 4 rings (SSSR count). The van der Waals surface area contributed by atoms with Crippen molar-refractivity contribution in [1.29, 1.82) is 0 Å². The van der Waals surface area contributed by atoms with Gasteiger partial charge in [-0.05, 0) is 32.4 Å². The van der Waals surface area contributed by atoms with E-state index in [1.54, 1.807) is 0 Å². The number of aliphatic hydroxyl groups is 1. The molecule has 3 aliphatic rings. The number of likely N-dealkylation sites (N-methyl/N-ethyl adjacent to an activating group) is 1. The lowest BCUT2D eigenvalue weighted by Gasteiger charge is -2.39. The Bertz CT molecular complexity index is 521. The molecular formula is C17H24N2O2. The Labute approximate surface area is 126 Å². The minimum absolute atomic E-state index is 0.0904. The van der Waals surface area contributed by atoms with Gasteiger partial charge in [-0.25, -0.2) is 0 Å². The number of fused-ring (bicyclic) bond motifs is 3. The fourth-order valence-corrected chi connectivity index (χ4v) is 4.27. The molecule has 3 heterocycles. The van der Waals surface area contributed by atoms with Crippen molar-refractivity contribution in [3.05, 3.63) is 29.8 Å². The largest absolute Gasteiger partial charge is 0.491 e. The van der Waals surface area contributed by atoms with Crippen LogP contribution in [0.2, 0.25) is 0 Å². The number of para-hydroxylation sites is 1. The number of benzene rings is 1. The highest BCUT2D eigenvalue weighted by atomic mass is 16.5. The summed E-state index contributed by atoms with van der Waals surface area (Å²) in [5.41, 5.74) is 0.941. The van der Waals surface area contributed by atoms with E-state index < -0.39 is 6.10 Å². The first-order chi connectivity index (χ1) is 10.2. The number of hydrogen-bond acceptors (Lipinski definition) is 4. The van der Waals surface area contributed by atoms with Crippen molar-refractivity contribution in [3.8, 4) is 5.75 Å². The summed E-state index contributed by atoms with van der Waals surface area (Å²) >= 11 is 0. The van der Waals surface area contributed by atoms with Crippen LogP contribution in [0.1, 0.15) is 30.9 Å². The molecule has 2 saturated heterocycles. The van der Waals surface area contributed by atoms with Gasteiger partial charge in [-0.2, -0.15) is 0 Å². The zero-order chi connectivity index (χ0) is 14.4. The lowest BCUT2D eigenvalue weighted by molar-refractivity contribution is 0.000102. The van der Waals surface area contributed by atoms with Gasteiger partial charge in [0.05, 0.1) is 6.04 Å². The van der Waals surface area contributed by atoms with Gasteiger partial charge in [0, 0.05) is 30.7 Å². The molecular weight excluding hydrogens is 264 g/mol. The van der Waals surface area contributed by atoms with Gasteiger partial charge >= 0.3 is 0 Å². The number of ether oxygens (including phenoxy) is 1. The zero-order valence-electron chi connectivity index (χ0n) is 12.6. The van der Waals surface area contributed by atoms with Crippen LogP contribution in [-0.2, 0) is 0 Å². The maximum Gasteiger partial charge on any atom is 0.125 e. The van der Waals surface area contributed by atoms with Crippen molar-refractivity contribution < 1.29 is 9.84 Å². The zero-order valence-corrected chi connectivity index (χ0v) is 12.6. The summed E-state index contributed by atoms with van der Waals surface area (Å²) < 4.78 is 5.89. The lowest BCUT2D eigenvalue weighted by Crippen LogP contribution is -2.49. The predicted octanol–water partition coefficient (Wildman–Crippen LogP) is 1.65. The molecule has 4 heteroatoms. The van der Waals surface area contributed by atoms with Crippen LogP contribution in [-0.4, -0.2) is 59.8 Å². The number of nitrogens with zero attached hydrogens (tertiary/aromatic N) is 2. The van der Waals surface area contributed by atoms with Gasteiger partial charge in [0.15, 0.2) is 0 Å². The van der Waals surface area contributed by atoms with Crippen LogP contribution < -0.4 is 4.74 Å². The van der Waals surface area contributed by atoms with Crippen molar-refractivity contribution in [2.24, 2.45) is 0 Å². The molecule has 0 aliphatic carbocycles. The summed E-state index contributed by atoms with van der Waals surface area (Å²) in [7, 11) is 2.26. The first kappa shape index (κ1) is 13.6. The third kappa shape index (κ3) is 2.26. The van der Waals surface area contributed by atoms with Crippen LogP contribution in [0.3, 0.4) is 0 Å². The Balaban J connectivity index is 1.55. The molecule has 1 N–H and O–H groups in total. The molecule has 3 aliphatic heterocycles. The Hall–Kier alpha value is -1.10. The summed E-state index contributed by atoms with van der Waals surface area (Å²) in [4.78, 5) is 5.00. The average Bonchev–Trinajstić information content (AvgIpc) is 2.74. The normalized spacial score (nSPS) is 36.9. The van der Waals surface area contributed by atoms with Crippen LogP contribution >= 0.6 is 0 Å². The predicted molar refractivity (Wildman–Crippen MR) is 81.4 cm³/mol. The highest BCUT2D eigenvalue weighted by Crippen LogP contribution is 2.36. The molecule has 2 bridgehead atoms. The quantitative estimate of drug-likeness (QED) is 0.852. The van der Waals surface area contributed by atoms with E-state index >= 15 is 0 Å². The Kier molecular flexibility index (Phi) is 3.40. The molecule has 0 aromatic heterocycles. The van der Waals surface area contributed by atoms with Gasteiger partial charge in [0.25, 0.3) is 0 Å². The van der Waals surface area contributed by atoms with Crippen molar-refractivity contribution >= 4 is 0 Å². The molecule has 114 valence electrons. The summed E-state index contributed by atoms with van der Waals surface area (Å²) in [5.74, 6) is 0.842. The average molecular weight is 288 g/mol. The van der Waals surface area contributed by atoms with Crippen LogP contribution in [0.25, 0.3) is 0 Å². The van der Waals surface area contributed by atoms with E-state index in [0.29, 0.717) is 12.6 Å². The molecule has 21 heavy (non-hydrogen) atoms. The van der Waals surface area contributed by atoms with Crippen LogP contribution in [0.5, 0.6) is 5.75 Å². The molecule has 1 aromatic carbocycles. The second-order valence-electron chi connectivity index (χ2n) is 6.70. The van der Waals surface area contributed by atoms with Gasteiger partial charge in [0.2, 0.25) is 0 Å². The topological polar surface area (TPSA) is 35.9 Å². The summed E-state index contributed by atoms with van der Waals surface area (Å²) in [6.07, 6.45) is 3.40. The van der Waals surface area contributed by atoms with Gasteiger partial charge in [0.1, 0.15) is 18.5 Å². The SMILES string of the molecule is CN1C2CCC1CN(C1COc3ccccc3C1O)CC2. The smallest absolute Gasteiger partial charge is 0.125 e. The summed E-state index contributed by atoms with van der Waals surface area (Å²) in [5, 5.41) is 10.8. The molecule has 0 radical (unpaired) electrons. The number of aliphatic hydroxyl groups excluding tert-OH is 1. The fourth-order valence-electron chi connectivity index (χ4n) is 4.27. The summed E-state index contributed by atoms with van der Waals surface area (Å²) in [6.45, 7) is 2.72. The first-order valence-corrected chi connectivity index (χ1v) is 8.10. The molecule has 1 aromatic rings. The third-order valence-corrected chi connectivity index (χ3v) is 5.66. The highest BCUT2D eigenvalue weighted by molar-refractivity contribution is 5.37. The van der Waals surface area contributed by atoms with E-state index in [1.165, 1.54) is 19.3 Å². The van der Waals surface area contributed by atoms with Crippen LogP contribution in [0, 0.1) is 0 Å². The first-order valence-electron chi connectivity index (χ1n) is 8.10. The van der Waals surface area contributed by atoms with Gasteiger partial charge in [-0.15, -0.1) is 0 Å². The molecule has 0 amide bonds. The van der Waals surface area contributed by atoms with Gasteiger partial charge in [-0.1, -0.05) is 18.2 Å². The number of likely N-dealkylation sites (tertiary alicyclic amines) is 1. The maximum absolute atomic E-state index is 10.8. The van der Waals surface area contributed by atoms with E-state index in [-0.39, 0.29) is 6.04 Å². The van der Waals surface area contributed by atoms with E-state index in [1.807, 2.05) is 24.3 Å². The molecule has 0 spiro atoms. The Morgan fingerprint density at radius 2 is 1.95 bits per heavy atom. The molecule has 0 saturated carbocycles. The van der Waals surface area contributed by atoms with E-state index in [9.17, 15) is 5.11 Å². The standard InChI is InChI=1S/C17H24N2O2/c1-18-12-6-7-13(18)10-19(9-8-12)15-11-21-16-5-3-2-4-14(16)17(15)20/h2-5,12-13,15,17,20H,6-11H2,1H3. The Morgan fingerprint density at radius 3 is 2.86 bits per heavy atom. The molecule has 4 unspecified atom stereocenters. The number of rotatable bonds is 1. The molecule has 2 fully saturated rings. The van der Waals surface area contributed by atoms with Crippen molar-refractivity contribution in [1.82, 2.24) is 9.80 Å². The third-order valence-electron chi connectivity index (χ3n) is 5.66. The van der Waals surface area contributed by atoms with Crippen molar-refractivity contribution in [2.45, 2.75) is 43.5 Å². The van der Waals surface area contributed by atoms with Gasteiger partial charge < -0.3 is 9.84 Å². The van der Waals surface area contributed by atoms with Crippen molar-refractivity contribution in [2.75, 3.05) is 26.7 Å². The van der Waals surface area contributed by atoms with Gasteiger partial charge in [-0.3, -0.25) is 9.80 Å². The van der Waals surface area contributed by atoms with E-state index in [2.05, 4.69) is 16.8 Å². The minimum Gasteiger partial charge on any atom is -0.491 e. The second kappa shape index (κ2) is 5.27. The maximum atomic E-state index is 10.8. The van der Waals surface area contributed by atoms with E-state index in [0.717, 1.165) is 30.4 Å². The van der Waals surface area contributed by atoms with Crippen LogP contribution in [0.4, 0.5) is 0 Å². The fraction of sp³-hybridized carbons (Fsp3) is 0.647.